The predicted molar refractivity (Wildman–Crippen MR) is 79.7 cm³/mol. The molecule has 0 fully saturated rings. The van der Waals surface area contributed by atoms with Gasteiger partial charge in [-0.15, -0.1) is 11.3 Å². The SMILES string of the molecule is Cc1nc(CC(O)c2ccc(I)c(Cl)c2)cs1. The van der Waals surface area contributed by atoms with Crippen molar-refractivity contribution in [3.8, 4) is 0 Å². The summed E-state index contributed by atoms with van der Waals surface area (Å²) in [6.07, 6.45) is -0.0210. The first kappa shape index (κ1) is 13.3. The van der Waals surface area contributed by atoms with Crippen LogP contribution in [0.1, 0.15) is 22.4 Å². The molecule has 90 valence electrons. The first-order valence-corrected chi connectivity index (χ1v) is 7.44. The van der Waals surface area contributed by atoms with Gasteiger partial charge in [-0.1, -0.05) is 17.7 Å². The summed E-state index contributed by atoms with van der Waals surface area (Å²) < 4.78 is 0.990. The minimum absolute atomic E-state index is 0.529. The Morgan fingerprint density at radius 1 is 1.53 bits per heavy atom. The second kappa shape index (κ2) is 5.65. The van der Waals surface area contributed by atoms with E-state index >= 15 is 0 Å². The van der Waals surface area contributed by atoms with Crippen LogP contribution in [0.2, 0.25) is 5.02 Å². The molecule has 0 aliphatic rings. The van der Waals surface area contributed by atoms with Crippen molar-refractivity contribution < 1.29 is 5.11 Å². The number of aryl methyl sites for hydroxylation is 1. The van der Waals surface area contributed by atoms with E-state index in [1.165, 1.54) is 0 Å². The number of hydrogen-bond acceptors (Lipinski definition) is 3. The molecule has 17 heavy (non-hydrogen) atoms. The quantitative estimate of drug-likeness (QED) is 0.818. The van der Waals surface area contributed by atoms with Crippen molar-refractivity contribution in [2.24, 2.45) is 0 Å². The Morgan fingerprint density at radius 3 is 2.88 bits per heavy atom. The average molecular weight is 380 g/mol. The van der Waals surface area contributed by atoms with E-state index in [1.54, 1.807) is 11.3 Å². The molecule has 5 heteroatoms. The third kappa shape index (κ3) is 3.40. The highest BCUT2D eigenvalue weighted by Crippen LogP contribution is 2.25. The molecule has 1 aromatic heterocycles. The molecule has 2 nitrogen and oxygen atoms in total. The van der Waals surface area contributed by atoms with Crippen LogP contribution in [0.15, 0.2) is 23.6 Å². The molecule has 2 aromatic rings. The maximum atomic E-state index is 10.1. The van der Waals surface area contributed by atoms with Crippen LogP contribution in [0.5, 0.6) is 0 Å². The van der Waals surface area contributed by atoms with Crippen LogP contribution in [0.3, 0.4) is 0 Å². The van der Waals surface area contributed by atoms with E-state index in [0.29, 0.717) is 11.4 Å². The second-order valence-electron chi connectivity index (χ2n) is 3.75. The topological polar surface area (TPSA) is 33.1 Å². The summed E-state index contributed by atoms with van der Waals surface area (Å²) in [6.45, 7) is 1.96. The summed E-state index contributed by atoms with van der Waals surface area (Å²) in [5.41, 5.74) is 1.76. The number of halogens is 2. The van der Waals surface area contributed by atoms with Gasteiger partial charge in [0.25, 0.3) is 0 Å². The summed E-state index contributed by atoms with van der Waals surface area (Å²) in [4.78, 5) is 4.34. The standard InChI is InChI=1S/C12H11ClINOS/c1-7-15-9(6-17-7)5-12(16)8-2-3-11(14)10(13)4-8/h2-4,6,12,16H,5H2,1H3. The monoisotopic (exact) mass is 379 g/mol. The number of nitrogens with zero attached hydrogens (tertiary/aromatic N) is 1. The molecule has 0 aliphatic carbocycles. The molecule has 0 radical (unpaired) electrons. The molecule has 0 amide bonds. The lowest BCUT2D eigenvalue weighted by molar-refractivity contribution is 0.177. The van der Waals surface area contributed by atoms with E-state index in [0.717, 1.165) is 19.8 Å². The highest BCUT2D eigenvalue weighted by atomic mass is 127. The van der Waals surface area contributed by atoms with Crippen LogP contribution in [-0.2, 0) is 6.42 Å². The molecule has 1 unspecified atom stereocenters. The fourth-order valence-corrected chi connectivity index (χ4v) is 2.69. The van der Waals surface area contributed by atoms with Gasteiger partial charge in [0.15, 0.2) is 0 Å². The number of aliphatic hydroxyl groups excluding tert-OH is 1. The molecule has 0 saturated heterocycles. The zero-order chi connectivity index (χ0) is 12.4. The maximum absolute atomic E-state index is 10.1. The molecule has 2 rings (SSSR count). The Hall–Kier alpha value is -0.170. The summed E-state index contributed by atoms with van der Waals surface area (Å²) >= 11 is 9.80. The van der Waals surface area contributed by atoms with Gasteiger partial charge in [-0.25, -0.2) is 4.98 Å². The molecular formula is C12H11ClINOS. The van der Waals surface area contributed by atoms with Crippen LogP contribution in [0.4, 0.5) is 0 Å². The molecule has 1 atom stereocenters. The van der Waals surface area contributed by atoms with Crippen molar-refractivity contribution in [1.82, 2.24) is 4.98 Å². The minimum atomic E-state index is -0.550. The first-order chi connectivity index (χ1) is 8.06. The minimum Gasteiger partial charge on any atom is -0.388 e. The molecule has 1 aromatic carbocycles. The lowest BCUT2D eigenvalue weighted by Crippen LogP contribution is -2.02. The van der Waals surface area contributed by atoms with Crippen LogP contribution in [0, 0.1) is 10.5 Å². The van der Waals surface area contributed by atoms with Crippen molar-refractivity contribution in [1.29, 1.82) is 0 Å². The fourth-order valence-electron chi connectivity index (χ4n) is 1.54. The summed E-state index contributed by atoms with van der Waals surface area (Å²) in [6, 6.07) is 5.62. The highest BCUT2D eigenvalue weighted by Gasteiger charge is 2.11. The molecule has 0 bridgehead atoms. The van der Waals surface area contributed by atoms with Gasteiger partial charge in [0.05, 0.1) is 21.8 Å². The molecule has 1 N–H and O–H groups in total. The molecule has 1 heterocycles. The number of benzene rings is 1. The van der Waals surface area contributed by atoms with Gasteiger partial charge in [-0.3, -0.25) is 0 Å². The number of aromatic nitrogens is 1. The van der Waals surface area contributed by atoms with E-state index in [4.69, 9.17) is 11.6 Å². The van der Waals surface area contributed by atoms with Crippen molar-refractivity contribution >= 4 is 45.5 Å². The maximum Gasteiger partial charge on any atom is 0.0897 e. The van der Waals surface area contributed by atoms with Crippen LogP contribution in [0.25, 0.3) is 0 Å². The number of aliphatic hydroxyl groups is 1. The van der Waals surface area contributed by atoms with Crippen molar-refractivity contribution in [2.75, 3.05) is 0 Å². The van der Waals surface area contributed by atoms with Crippen molar-refractivity contribution in [2.45, 2.75) is 19.4 Å². The van der Waals surface area contributed by atoms with Gasteiger partial charge < -0.3 is 5.11 Å². The van der Waals surface area contributed by atoms with Crippen molar-refractivity contribution in [3.05, 3.63) is 48.4 Å². The molecule has 0 aliphatic heterocycles. The largest absolute Gasteiger partial charge is 0.388 e. The second-order valence-corrected chi connectivity index (χ2v) is 6.38. The number of hydrogen-bond donors (Lipinski definition) is 1. The van der Waals surface area contributed by atoms with Gasteiger partial charge in [-0.2, -0.15) is 0 Å². The Labute approximate surface area is 123 Å². The number of rotatable bonds is 3. The van der Waals surface area contributed by atoms with Crippen LogP contribution < -0.4 is 0 Å². The summed E-state index contributed by atoms with van der Waals surface area (Å²) in [7, 11) is 0. The molecular weight excluding hydrogens is 369 g/mol. The van der Waals surface area contributed by atoms with Gasteiger partial charge in [0.2, 0.25) is 0 Å². The van der Waals surface area contributed by atoms with E-state index in [9.17, 15) is 5.11 Å². The predicted octanol–water partition coefficient (Wildman–Crippen LogP) is 3.99. The zero-order valence-corrected chi connectivity index (χ0v) is 12.9. The Morgan fingerprint density at radius 2 is 2.29 bits per heavy atom. The van der Waals surface area contributed by atoms with Crippen molar-refractivity contribution in [3.63, 3.8) is 0 Å². The van der Waals surface area contributed by atoms with Gasteiger partial charge in [0.1, 0.15) is 0 Å². The van der Waals surface area contributed by atoms with E-state index in [-0.39, 0.29) is 0 Å². The lowest BCUT2D eigenvalue weighted by atomic mass is 10.1. The van der Waals surface area contributed by atoms with Gasteiger partial charge in [-0.05, 0) is 47.2 Å². The molecule has 0 spiro atoms. The highest BCUT2D eigenvalue weighted by molar-refractivity contribution is 14.1. The lowest BCUT2D eigenvalue weighted by Gasteiger charge is -2.10. The van der Waals surface area contributed by atoms with E-state index < -0.39 is 6.10 Å². The normalized spacial score (nSPS) is 12.7. The third-order valence-electron chi connectivity index (χ3n) is 2.40. The Balaban J connectivity index is 2.14. The van der Waals surface area contributed by atoms with Gasteiger partial charge >= 0.3 is 0 Å². The van der Waals surface area contributed by atoms with Crippen LogP contribution >= 0.6 is 45.5 Å². The summed E-state index contributed by atoms with van der Waals surface area (Å²) in [5.74, 6) is 0. The van der Waals surface area contributed by atoms with E-state index in [1.807, 2.05) is 30.5 Å². The third-order valence-corrected chi connectivity index (χ3v) is 4.79. The Bertz CT molecular complexity index is 529. The molecule has 0 saturated carbocycles. The smallest absolute Gasteiger partial charge is 0.0897 e. The van der Waals surface area contributed by atoms with E-state index in [2.05, 4.69) is 27.6 Å². The first-order valence-electron chi connectivity index (χ1n) is 5.10. The Kier molecular flexibility index (Phi) is 4.41. The number of thiazole rings is 1. The fraction of sp³-hybridized carbons (Fsp3) is 0.250. The van der Waals surface area contributed by atoms with Crippen LogP contribution in [-0.4, -0.2) is 10.1 Å². The zero-order valence-electron chi connectivity index (χ0n) is 9.15. The summed E-state index contributed by atoms with van der Waals surface area (Å²) in [5, 5.41) is 13.8. The average Bonchev–Trinajstić information content (AvgIpc) is 2.68. The van der Waals surface area contributed by atoms with Gasteiger partial charge in [0, 0.05) is 15.4 Å².